The Morgan fingerprint density at radius 1 is 1.11 bits per heavy atom. The molecule has 1 saturated carbocycles. The summed E-state index contributed by atoms with van der Waals surface area (Å²) in [6.45, 7) is 0. The highest BCUT2D eigenvalue weighted by Gasteiger charge is 2.34. The molecule has 0 atom stereocenters. The Hall–Kier alpha value is -2.93. The third-order valence-electron chi connectivity index (χ3n) is 5.74. The molecule has 1 heterocycles. The Kier molecular flexibility index (Phi) is 7.41. The number of rotatable bonds is 3. The molecule has 0 unspecified atom stereocenters. The second-order valence-electron chi connectivity index (χ2n) is 8.14. The van der Waals surface area contributed by atoms with E-state index in [9.17, 15) is 22.4 Å². The molecule has 0 aliphatic heterocycles. The molecular weight excluding hydrogens is 543 g/mol. The van der Waals surface area contributed by atoms with E-state index >= 15 is 0 Å². The van der Waals surface area contributed by atoms with Gasteiger partial charge in [-0.25, -0.2) is 14.4 Å². The first-order valence-corrected chi connectivity index (χ1v) is 11.7. The highest BCUT2D eigenvalue weighted by atomic mass is 35.5. The van der Waals surface area contributed by atoms with Gasteiger partial charge in [0.2, 0.25) is 0 Å². The molecule has 0 spiro atoms. The zero-order valence-corrected chi connectivity index (χ0v) is 20.5. The van der Waals surface area contributed by atoms with Crippen LogP contribution < -0.4 is 5.32 Å². The number of anilines is 1. The average Bonchev–Trinajstić information content (AvgIpc) is 2.82. The number of aromatic nitrogens is 1. The Morgan fingerprint density at radius 2 is 1.81 bits per heavy atom. The molecule has 1 aromatic heterocycles. The number of fused-ring (bicyclic) bond motifs is 1. The number of hydrogen-bond acceptors (Lipinski definition) is 4. The Labute approximate surface area is 217 Å². The van der Waals surface area contributed by atoms with Crippen LogP contribution in [0.1, 0.15) is 47.3 Å². The van der Waals surface area contributed by atoms with Crippen molar-refractivity contribution in [2.75, 3.05) is 5.32 Å². The van der Waals surface area contributed by atoms with Gasteiger partial charge in [0.15, 0.2) is 0 Å². The van der Waals surface area contributed by atoms with Crippen molar-refractivity contribution in [2.24, 2.45) is 4.99 Å². The number of aliphatic imine (C=N–C) groups is 1. The number of nitriles is 1. The van der Waals surface area contributed by atoms with Crippen molar-refractivity contribution in [1.29, 1.82) is 5.26 Å². The van der Waals surface area contributed by atoms with E-state index < -0.39 is 28.6 Å². The lowest BCUT2D eigenvalue weighted by Crippen LogP contribution is -2.27. The van der Waals surface area contributed by atoms with Crippen molar-refractivity contribution in [3.05, 3.63) is 68.0 Å². The first-order chi connectivity index (χ1) is 17.0. The van der Waals surface area contributed by atoms with Crippen LogP contribution in [0, 0.1) is 17.1 Å². The van der Waals surface area contributed by atoms with E-state index in [2.05, 4.69) is 15.3 Å². The van der Waals surface area contributed by atoms with Crippen LogP contribution in [0.15, 0.2) is 35.3 Å². The summed E-state index contributed by atoms with van der Waals surface area (Å²) in [5.74, 6) is -1.77. The fraction of sp³-hybridized carbons (Fsp3) is 0.250. The highest BCUT2D eigenvalue weighted by Crippen LogP contribution is 2.35. The number of carbonyl (C=O) groups is 1. The summed E-state index contributed by atoms with van der Waals surface area (Å²) in [5.41, 5.74) is -0.706. The van der Waals surface area contributed by atoms with Gasteiger partial charge in [-0.05, 0) is 56.0 Å². The minimum absolute atomic E-state index is 0.157. The summed E-state index contributed by atoms with van der Waals surface area (Å²) < 4.78 is 54.1. The Bertz CT molecular complexity index is 1440. The minimum Gasteiger partial charge on any atom is -0.382 e. The molecule has 12 heteroatoms. The van der Waals surface area contributed by atoms with Crippen LogP contribution in [0.25, 0.3) is 10.9 Å². The molecule has 0 saturated heterocycles. The van der Waals surface area contributed by atoms with E-state index in [-0.39, 0.29) is 33.4 Å². The number of carbonyl (C=O) groups excluding carboxylic acids is 1. The van der Waals surface area contributed by atoms with Crippen LogP contribution in [-0.4, -0.2) is 22.6 Å². The van der Waals surface area contributed by atoms with Gasteiger partial charge in [-0.1, -0.05) is 34.8 Å². The Morgan fingerprint density at radius 3 is 2.44 bits per heavy atom. The van der Waals surface area contributed by atoms with Gasteiger partial charge in [0, 0.05) is 27.8 Å². The van der Waals surface area contributed by atoms with Gasteiger partial charge in [-0.3, -0.25) is 4.79 Å². The highest BCUT2D eigenvalue weighted by molar-refractivity contribution is 6.39. The van der Waals surface area contributed by atoms with Crippen LogP contribution in [-0.2, 0) is 6.18 Å². The van der Waals surface area contributed by atoms with Gasteiger partial charge in [0.1, 0.15) is 17.6 Å². The molecule has 3 aromatic rings. The predicted octanol–water partition coefficient (Wildman–Crippen LogP) is 7.86. The topological polar surface area (TPSA) is 78.1 Å². The molecule has 0 radical (unpaired) electrons. The molecule has 1 N–H and O–H groups in total. The monoisotopic (exact) mass is 556 g/mol. The summed E-state index contributed by atoms with van der Waals surface area (Å²) in [6, 6.07) is 7.70. The fourth-order valence-corrected chi connectivity index (χ4v) is 4.64. The quantitative estimate of drug-likeness (QED) is 0.263. The molecule has 1 aliphatic rings. The van der Waals surface area contributed by atoms with Crippen LogP contribution in [0.4, 0.5) is 23.2 Å². The predicted molar refractivity (Wildman–Crippen MR) is 131 cm³/mol. The number of nitrogens with zero attached hydrogens (tertiary/aromatic N) is 3. The molecule has 2 aromatic carbocycles. The van der Waals surface area contributed by atoms with Gasteiger partial charge in [0.05, 0.1) is 26.7 Å². The van der Waals surface area contributed by atoms with Gasteiger partial charge in [-0.15, -0.1) is 0 Å². The van der Waals surface area contributed by atoms with E-state index in [1.165, 1.54) is 12.1 Å². The molecule has 4 rings (SSSR count). The average molecular weight is 558 g/mol. The number of pyridine rings is 1. The lowest BCUT2D eigenvalue weighted by atomic mass is 9.93. The maximum absolute atomic E-state index is 14.0. The van der Waals surface area contributed by atoms with Crippen molar-refractivity contribution >= 4 is 63.0 Å². The van der Waals surface area contributed by atoms with Gasteiger partial charge in [0.25, 0.3) is 5.91 Å². The van der Waals surface area contributed by atoms with Gasteiger partial charge in [-0.2, -0.15) is 18.4 Å². The number of halogens is 7. The summed E-state index contributed by atoms with van der Waals surface area (Å²) in [6.07, 6.45) is -2.92. The number of benzene rings is 2. The van der Waals surface area contributed by atoms with Crippen LogP contribution in [0.3, 0.4) is 0 Å². The molecule has 186 valence electrons. The van der Waals surface area contributed by atoms with E-state index in [0.29, 0.717) is 41.8 Å². The Balaban J connectivity index is 1.52. The number of nitrogens with one attached hydrogen (secondary N) is 1. The minimum atomic E-state index is -4.62. The second kappa shape index (κ2) is 10.2. The normalized spacial score (nSPS) is 16.1. The van der Waals surface area contributed by atoms with Crippen molar-refractivity contribution < 1.29 is 22.4 Å². The van der Waals surface area contributed by atoms with E-state index in [4.69, 9.17) is 40.1 Å². The lowest BCUT2D eigenvalue weighted by Gasteiger charge is -2.26. The largest absolute Gasteiger partial charge is 0.433 e. The maximum atomic E-state index is 14.0. The van der Waals surface area contributed by atoms with Crippen molar-refractivity contribution in [3.8, 4) is 6.07 Å². The van der Waals surface area contributed by atoms with Crippen LogP contribution >= 0.6 is 34.8 Å². The van der Waals surface area contributed by atoms with Gasteiger partial charge >= 0.3 is 6.18 Å². The molecule has 5 nitrogen and oxygen atoms in total. The third-order valence-corrected chi connectivity index (χ3v) is 6.74. The SMILES string of the molecule is N#Cc1c(Cl)c(F)cc(C(=O)N=C2CCC(Nc3cc(C(F)(F)F)nc4ccc(Cl)cc34)CC2)c1Cl. The third kappa shape index (κ3) is 5.41. The van der Waals surface area contributed by atoms with E-state index in [0.717, 1.165) is 12.1 Å². The zero-order chi connectivity index (χ0) is 26.2. The molecule has 36 heavy (non-hydrogen) atoms. The van der Waals surface area contributed by atoms with Gasteiger partial charge < -0.3 is 5.32 Å². The number of hydrogen-bond donors (Lipinski definition) is 1. The number of amides is 1. The second-order valence-corrected chi connectivity index (χ2v) is 9.33. The first-order valence-electron chi connectivity index (χ1n) is 10.6. The van der Waals surface area contributed by atoms with E-state index in [1.807, 2.05) is 0 Å². The van der Waals surface area contributed by atoms with Crippen molar-refractivity contribution in [3.63, 3.8) is 0 Å². The van der Waals surface area contributed by atoms with Crippen molar-refractivity contribution in [1.82, 2.24) is 4.98 Å². The zero-order valence-electron chi connectivity index (χ0n) is 18.2. The standard InChI is InChI=1S/C24H15Cl3F4N4O/c25-11-1-6-18-14(7-11)19(9-20(35-18)24(29,30)31)33-12-2-4-13(5-3-12)34-23(36)15-8-17(28)22(27)16(10-32)21(15)26/h1,6-9,12H,2-5H2,(H,33,35). The summed E-state index contributed by atoms with van der Waals surface area (Å²) in [4.78, 5) is 20.3. The molecule has 1 amide bonds. The van der Waals surface area contributed by atoms with E-state index in [1.54, 1.807) is 12.1 Å². The maximum Gasteiger partial charge on any atom is 0.433 e. The number of alkyl halides is 3. The molecular formula is C24H15Cl3F4N4O. The summed E-state index contributed by atoms with van der Waals surface area (Å²) in [7, 11) is 0. The van der Waals surface area contributed by atoms with Crippen LogP contribution in [0.2, 0.25) is 15.1 Å². The van der Waals surface area contributed by atoms with Crippen molar-refractivity contribution in [2.45, 2.75) is 37.9 Å². The first kappa shape index (κ1) is 26.1. The molecule has 1 aliphatic carbocycles. The fourth-order valence-electron chi connectivity index (χ4n) is 3.95. The molecule has 0 bridgehead atoms. The smallest absolute Gasteiger partial charge is 0.382 e. The lowest BCUT2D eigenvalue weighted by molar-refractivity contribution is -0.140. The molecule has 1 fully saturated rings. The summed E-state index contributed by atoms with van der Waals surface area (Å²) in [5, 5.41) is 12.3. The van der Waals surface area contributed by atoms with Crippen LogP contribution in [0.5, 0.6) is 0 Å². The summed E-state index contributed by atoms with van der Waals surface area (Å²) >= 11 is 17.8.